The molecule has 0 aliphatic carbocycles. The molecule has 1 heterocycles. The first-order valence-electron chi connectivity index (χ1n) is 5.07. The minimum atomic E-state index is -0.0267. The van der Waals surface area contributed by atoms with E-state index in [9.17, 15) is 4.79 Å². The Morgan fingerprint density at radius 1 is 1.50 bits per heavy atom. The van der Waals surface area contributed by atoms with Crippen LogP contribution in [0.15, 0.2) is 18.3 Å². The van der Waals surface area contributed by atoms with Crippen LogP contribution in [0, 0.1) is 12.3 Å². The summed E-state index contributed by atoms with van der Waals surface area (Å²) in [6, 6.07) is 3.35. The van der Waals surface area contributed by atoms with E-state index in [2.05, 4.69) is 16.2 Å². The quantitative estimate of drug-likeness (QED) is 0.485. The molecule has 0 atom stereocenters. The van der Waals surface area contributed by atoms with Crippen molar-refractivity contribution in [2.45, 2.75) is 25.7 Å². The van der Waals surface area contributed by atoms with Gasteiger partial charge in [0, 0.05) is 12.8 Å². The SMILES string of the molecule is C#CCCCCC(=O)Nc1ccc(Cl)nc1. The van der Waals surface area contributed by atoms with Gasteiger partial charge in [-0.2, -0.15) is 0 Å². The molecule has 0 saturated carbocycles. The molecule has 16 heavy (non-hydrogen) atoms. The Labute approximate surface area is 100 Å². The van der Waals surface area contributed by atoms with Gasteiger partial charge in [0.25, 0.3) is 0 Å². The first-order chi connectivity index (χ1) is 7.72. The van der Waals surface area contributed by atoms with Gasteiger partial charge in [0.05, 0.1) is 11.9 Å². The van der Waals surface area contributed by atoms with Gasteiger partial charge in [-0.3, -0.25) is 4.79 Å². The molecule has 0 unspecified atom stereocenters. The van der Waals surface area contributed by atoms with Gasteiger partial charge in [-0.15, -0.1) is 12.3 Å². The van der Waals surface area contributed by atoms with Crippen LogP contribution in [-0.2, 0) is 4.79 Å². The molecule has 1 N–H and O–H groups in total. The molecular formula is C12H13ClN2O. The van der Waals surface area contributed by atoms with Crippen LogP contribution in [-0.4, -0.2) is 10.9 Å². The third kappa shape index (κ3) is 4.81. The number of terminal acetylenes is 1. The monoisotopic (exact) mass is 236 g/mol. The third-order valence-electron chi connectivity index (χ3n) is 1.99. The number of carbonyl (C=O) groups excluding carboxylic acids is 1. The van der Waals surface area contributed by atoms with Gasteiger partial charge < -0.3 is 5.32 Å². The van der Waals surface area contributed by atoms with Crippen LogP contribution in [0.3, 0.4) is 0 Å². The molecule has 1 aromatic rings. The fourth-order valence-electron chi connectivity index (χ4n) is 1.19. The highest BCUT2D eigenvalue weighted by Gasteiger charge is 2.01. The van der Waals surface area contributed by atoms with Crippen molar-refractivity contribution in [3.8, 4) is 12.3 Å². The molecule has 0 fully saturated rings. The van der Waals surface area contributed by atoms with Crippen molar-refractivity contribution in [2.24, 2.45) is 0 Å². The van der Waals surface area contributed by atoms with E-state index in [-0.39, 0.29) is 5.91 Å². The number of hydrogen-bond acceptors (Lipinski definition) is 2. The van der Waals surface area contributed by atoms with Gasteiger partial charge in [-0.25, -0.2) is 4.98 Å². The van der Waals surface area contributed by atoms with E-state index in [0.717, 1.165) is 19.3 Å². The minimum absolute atomic E-state index is 0.0267. The summed E-state index contributed by atoms with van der Waals surface area (Å²) >= 11 is 5.62. The Bertz CT molecular complexity index is 381. The van der Waals surface area contributed by atoms with E-state index in [4.69, 9.17) is 18.0 Å². The highest BCUT2D eigenvalue weighted by atomic mass is 35.5. The lowest BCUT2D eigenvalue weighted by Crippen LogP contribution is -2.11. The Morgan fingerprint density at radius 2 is 2.31 bits per heavy atom. The molecular weight excluding hydrogens is 224 g/mol. The van der Waals surface area contributed by atoms with E-state index in [1.54, 1.807) is 12.1 Å². The van der Waals surface area contributed by atoms with Crippen molar-refractivity contribution in [1.82, 2.24) is 4.98 Å². The Kier molecular flexibility index (Phi) is 5.38. The van der Waals surface area contributed by atoms with Crippen LogP contribution in [0.4, 0.5) is 5.69 Å². The van der Waals surface area contributed by atoms with Crippen molar-refractivity contribution in [3.05, 3.63) is 23.5 Å². The maximum absolute atomic E-state index is 11.4. The summed E-state index contributed by atoms with van der Waals surface area (Å²) < 4.78 is 0. The van der Waals surface area contributed by atoms with Gasteiger partial charge in [0.15, 0.2) is 0 Å². The minimum Gasteiger partial charge on any atom is -0.325 e. The number of aromatic nitrogens is 1. The van der Waals surface area contributed by atoms with Crippen molar-refractivity contribution >= 4 is 23.2 Å². The summed E-state index contributed by atoms with van der Waals surface area (Å²) in [6.45, 7) is 0. The third-order valence-corrected chi connectivity index (χ3v) is 2.21. The second kappa shape index (κ2) is 6.86. The number of hydrogen-bond donors (Lipinski definition) is 1. The van der Waals surface area contributed by atoms with Gasteiger partial charge in [0.1, 0.15) is 5.15 Å². The number of rotatable bonds is 5. The summed E-state index contributed by atoms with van der Waals surface area (Å²) in [7, 11) is 0. The fourth-order valence-corrected chi connectivity index (χ4v) is 1.30. The molecule has 1 amide bonds. The normalized spacial score (nSPS) is 9.50. The van der Waals surface area contributed by atoms with Crippen molar-refractivity contribution < 1.29 is 4.79 Å². The Hall–Kier alpha value is -1.53. The van der Waals surface area contributed by atoms with E-state index in [1.165, 1.54) is 6.20 Å². The lowest BCUT2D eigenvalue weighted by atomic mass is 10.2. The molecule has 0 aliphatic rings. The van der Waals surface area contributed by atoms with Crippen molar-refractivity contribution in [3.63, 3.8) is 0 Å². The zero-order valence-corrected chi connectivity index (χ0v) is 9.63. The van der Waals surface area contributed by atoms with Crippen LogP contribution in [0.1, 0.15) is 25.7 Å². The van der Waals surface area contributed by atoms with Gasteiger partial charge in [-0.05, 0) is 25.0 Å². The predicted octanol–water partition coefficient (Wildman–Crippen LogP) is 2.87. The summed E-state index contributed by atoms with van der Waals surface area (Å²) in [5.41, 5.74) is 0.659. The van der Waals surface area contributed by atoms with E-state index < -0.39 is 0 Å². The lowest BCUT2D eigenvalue weighted by molar-refractivity contribution is -0.116. The van der Waals surface area contributed by atoms with Crippen molar-refractivity contribution in [1.29, 1.82) is 0 Å². The first kappa shape index (κ1) is 12.5. The summed E-state index contributed by atoms with van der Waals surface area (Å²) in [5.74, 6) is 2.51. The molecule has 0 aromatic carbocycles. The van der Waals surface area contributed by atoms with Crippen LogP contribution in [0.25, 0.3) is 0 Å². The molecule has 0 spiro atoms. The number of nitrogens with one attached hydrogen (secondary N) is 1. The molecule has 0 bridgehead atoms. The number of carbonyl (C=O) groups is 1. The van der Waals surface area contributed by atoms with Gasteiger partial charge in [-0.1, -0.05) is 11.6 Å². The van der Waals surface area contributed by atoms with Crippen molar-refractivity contribution in [2.75, 3.05) is 5.32 Å². The fraction of sp³-hybridized carbons (Fsp3) is 0.333. The van der Waals surface area contributed by atoms with Crippen LogP contribution < -0.4 is 5.32 Å². The van der Waals surface area contributed by atoms with Gasteiger partial charge in [0.2, 0.25) is 5.91 Å². The highest BCUT2D eigenvalue weighted by molar-refractivity contribution is 6.29. The Morgan fingerprint density at radius 3 is 2.94 bits per heavy atom. The topological polar surface area (TPSA) is 42.0 Å². The van der Waals surface area contributed by atoms with E-state index in [0.29, 0.717) is 17.3 Å². The number of anilines is 1. The number of unbranched alkanes of at least 4 members (excludes halogenated alkanes) is 2. The van der Waals surface area contributed by atoms with Crippen LogP contribution in [0.5, 0.6) is 0 Å². The number of amides is 1. The second-order valence-corrected chi connectivity index (χ2v) is 3.72. The number of nitrogens with zero attached hydrogens (tertiary/aromatic N) is 1. The van der Waals surface area contributed by atoms with Crippen LogP contribution in [0.2, 0.25) is 5.15 Å². The standard InChI is InChI=1S/C12H13ClN2O/c1-2-3-4-5-6-12(16)15-10-7-8-11(13)14-9-10/h1,7-9H,3-6H2,(H,15,16). The average Bonchev–Trinajstić information content (AvgIpc) is 2.28. The highest BCUT2D eigenvalue weighted by Crippen LogP contribution is 2.10. The maximum atomic E-state index is 11.4. The number of halogens is 1. The molecule has 0 radical (unpaired) electrons. The zero-order chi connectivity index (χ0) is 11.8. The largest absolute Gasteiger partial charge is 0.325 e. The maximum Gasteiger partial charge on any atom is 0.224 e. The zero-order valence-electron chi connectivity index (χ0n) is 8.87. The molecule has 0 aliphatic heterocycles. The first-order valence-corrected chi connectivity index (χ1v) is 5.45. The molecule has 3 nitrogen and oxygen atoms in total. The summed E-state index contributed by atoms with van der Waals surface area (Å²) in [5, 5.41) is 3.14. The molecule has 4 heteroatoms. The van der Waals surface area contributed by atoms with E-state index in [1.807, 2.05) is 0 Å². The molecule has 0 saturated heterocycles. The molecule has 1 rings (SSSR count). The number of pyridine rings is 1. The molecule has 1 aromatic heterocycles. The van der Waals surface area contributed by atoms with Crippen LogP contribution >= 0.6 is 11.6 Å². The smallest absolute Gasteiger partial charge is 0.224 e. The summed E-state index contributed by atoms with van der Waals surface area (Å²) in [6.07, 6.45) is 9.52. The van der Waals surface area contributed by atoms with E-state index >= 15 is 0 Å². The molecule has 84 valence electrons. The lowest BCUT2D eigenvalue weighted by Gasteiger charge is -2.03. The average molecular weight is 237 g/mol. The van der Waals surface area contributed by atoms with Gasteiger partial charge >= 0.3 is 0 Å². The predicted molar refractivity (Wildman–Crippen MR) is 65.2 cm³/mol. The summed E-state index contributed by atoms with van der Waals surface area (Å²) in [4.78, 5) is 15.3. The second-order valence-electron chi connectivity index (χ2n) is 3.33. The Balaban J connectivity index is 2.29.